The lowest BCUT2D eigenvalue weighted by atomic mass is 10.1. The first-order chi connectivity index (χ1) is 10.1. The topological polar surface area (TPSA) is 133 Å². The fraction of sp³-hybridized carbons (Fsp3) is 0.667. The molecular weight excluding hydrogens is 278 g/mol. The lowest BCUT2D eigenvalue weighted by Gasteiger charge is -2.15. The van der Waals surface area contributed by atoms with Crippen LogP contribution in [-0.2, 0) is 11.2 Å². The van der Waals surface area contributed by atoms with Gasteiger partial charge in [0.2, 0.25) is 0 Å². The number of aromatic nitrogens is 2. The van der Waals surface area contributed by atoms with Crippen molar-refractivity contribution in [2.75, 3.05) is 6.61 Å². The van der Waals surface area contributed by atoms with Gasteiger partial charge in [0, 0.05) is 23.1 Å². The Morgan fingerprint density at radius 2 is 2.38 bits per heavy atom. The fourth-order valence-corrected chi connectivity index (χ4v) is 2.43. The van der Waals surface area contributed by atoms with Crippen molar-refractivity contribution in [1.82, 2.24) is 9.55 Å². The molecule has 3 atom stereocenters. The van der Waals surface area contributed by atoms with Crippen molar-refractivity contribution in [2.45, 2.75) is 44.6 Å². The predicted molar refractivity (Wildman–Crippen MR) is 73.9 cm³/mol. The van der Waals surface area contributed by atoms with Crippen LogP contribution in [0.3, 0.4) is 0 Å². The van der Waals surface area contributed by atoms with Gasteiger partial charge in [0.05, 0.1) is 18.8 Å². The highest BCUT2D eigenvalue weighted by molar-refractivity contribution is 5.05. The van der Waals surface area contributed by atoms with E-state index < -0.39 is 29.6 Å². The third kappa shape index (κ3) is 3.15. The second-order valence-corrected chi connectivity index (χ2v) is 4.89. The molecule has 1 aromatic heterocycles. The number of aliphatic hydroxyl groups excluding tert-OH is 1. The van der Waals surface area contributed by atoms with Crippen LogP contribution in [0.15, 0.2) is 20.9 Å². The molecule has 0 amide bonds. The Bertz CT molecular complexity index is 660. The van der Waals surface area contributed by atoms with Gasteiger partial charge >= 0.3 is 5.69 Å². The van der Waals surface area contributed by atoms with Crippen LogP contribution in [0.4, 0.5) is 0 Å². The summed E-state index contributed by atoms with van der Waals surface area (Å²) in [6.07, 6.45) is 1.74. The zero-order valence-electron chi connectivity index (χ0n) is 11.6. The third-order valence-electron chi connectivity index (χ3n) is 3.46. The van der Waals surface area contributed by atoms with Gasteiger partial charge in [0.15, 0.2) is 0 Å². The summed E-state index contributed by atoms with van der Waals surface area (Å²) < 4.78 is 6.82. The first kappa shape index (κ1) is 15.3. The van der Waals surface area contributed by atoms with E-state index in [0.29, 0.717) is 12.0 Å². The zero-order valence-corrected chi connectivity index (χ0v) is 11.6. The molecule has 9 heteroatoms. The van der Waals surface area contributed by atoms with Crippen molar-refractivity contribution in [3.05, 3.63) is 43.0 Å². The number of aryl methyl sites for hydroxylation is 1. The zero-order chi connectivity index (χ0) is 15.4. The first-order valence-corrected chi connectivity index (χ1v) is 6.75. The van der Waals surface area contributed by atoms with E-state index in [9.17, 15) is 14.7 Å². The maximum absolute atomic E-state index is 11.9. The monoisotopic (exact) mass is 295 g/mol. The molecule has 0 radical (unpaired) electrons. The van der Waals surface area contributed by atoms with E-state index in [1.807, 2.05) is 6.92 Å². The quantitative estimate of drug-likeness (QED) is 0.463. The Morgan fingerprint density at radius 3 is 3.00 bits per heavy atom. The highest BCUT2D eigenvalue weighted by Crippen LogP contribution is 2.29. The van der Waals surface area contributed by atoms with Crippen LogP contribution < -0.4 is 11.2 Å². The van der Waals surface area contributed by atoms with Gasteiger partial charge in [-0.1, -0.05) is 18.5 Å². The minimum Gasteiger partial charge on any atom is -0.394 e. The smallest absolute Gasteiger partial charge is 0.330 e. The second kappa shape index (κ2) is 6.57. The molecule has 1 aliphatic heterocycles. The Morgan fingerprint density at radius 1 is 1.62 bits per heavy atom. The molecule has 2 N–H and O–H groups in total. The molecule has 0 aromatic carbocycles. The van der Waals surface area contributed by atoms with Gasteiger partial charge < -0.3 is 9.84 Å². The minimum atomic E-state index is -0.669. The van der Waals surface area contributed by atoms with E-state index in [0.717, 1.165) is 6.42 Å². The van der Waals surface area contributed by atoms with E-state index in [-0.39, 0.29) is 13.0 Å². The maximum Gasteiger partial charge on any atom is 0.330 e. The average Bonchev–Trinajstić information content (AvgIpc) is 2.85. The molecule has 1 aromatic rings. The number of nitrogens with one attached hydrogen (secondary N) is 1. The van der Waals surface area contributed by atoms with Crippen LogP contribution >= 0.6 is 0 Å². The third-order valence-corrected chi connectivity index (χ3v) is 3.46. The number of nitrogens with zero attached hydrogens (tertiary/aromatic N) is 4. The maximum atomic E-state index is 11.9. The normalized spacial score (nSPS) is 24.8. The summed E-state index contributed by atoms with van der Waals surface area (Å²) in [6.45, 7) is 1.63. The van der Waals surface area contributed by atoms with Gasteiger partial charge in [0.1, 0.15) is 6.23 Å². The molecule has 0 saturated carbocycles. The van der Waals surface area contributed by atoms with Gasteiger partial charge in [-0.05, 0) is 12.0 Å². The minimum absolute atomic E-state index is 0.271. The van der Waals surface area contributed by atoms with Crippen LogP contribution in [0.5, 0.6) is 0 Å². The Labute approximate surface area is 119 Å². The van der Waals surface area contributed by atoms with Crippen molar-refractivity contribution < 1.29 is 9.84 Å². The lowest BCUT2D eigenvalue weighted by Crippen LogP contribution is -2.34. The Kier molecular flexibility index (Phi) is 4.79. The Balaban J connectivity index is 2.34. The van der Waals surface area contributed by atoms with E-state index >= 15 is 0 Å². The van der Waals surface area contributed by atoms with Crippen LogP contribution in [0.2, 0.25) is 0 Å². The second-order valence-electron chi connectivity index (χ2n) is 4.89. The first-order valence-electron chi connectivity index (χ1n) is 6.75. The van der Waals surface area contributed by atoms with Crippen LogP contribution in [0.1, 0.15) is 31.6 Å². The number of H-pyrrole nitrogens is 1. The van der Waals surface area contributed by atoms with Crippen molar-refractivity contribution in [3.63, 3.8) is 0 Å². The van der Waals surface area contributed by atoms with Crippen molar-refractivity contribution in [3.8, 4) is 0 Å². The van der Waals surface area contributed by atoms with Crippen LogP contribution in [-0.4, -0.2) is 33.4 Å². The summed E-state index contributed by atoms with van der Waals surface area (Å²) in [6, 6.07) is -0.543. The number of aromatic amines is 1. The van der Waals surface area contributed by atoms with Gasteiger partial charge in [-0.15, -0.1) is 0 Å². The molecule has 2 rings (SSSR count). The number of aliphatic hydroxyl groups is 1. The summed E-state index contributed by atoms with van der Waals surface area (Å²) in [7, 11) is 0. The van der Waals surface area contributed by atoms with Gasteiger partial charge in [-0.2, -0.15) is 0 Å². The average molecular weight is 295 g/mol. The molecule has 1 aliphatic rings. The lowest BCUT2D eigenvalue weighted by molar-refractivity contribution is -0.0271. The van der Waals surface area contributed by atoms with Gasteiger partial charge in [-0.25, -0.2) is 4.79 Å². The largest absolute Gasteiger partial charge is 0.394 e. The number of hydrogen-bond donors (Lipinski definition) is 2. The standard InChI is InChI=1S/C12H17N5O4/c1-2-3-7-5-17(12(20)14-11(7)19)10-4-8(15-16-13)9(6-18)21-10/h5,8-10,18H,2-4,6H2,1H3,(H,14,19,20)/t8-,9-,10?/m1/s1. The molecule has 0 aliphatic carbocycles. The van der Waals surface area contributed by atoms with Crippen LogP contribution in [0, 0.1) is 0 Å². The molecule has 1 saturated heterocycles. The molecule has 114 valence electrons. The molecule has 9 nitrogen and oxygen atoms in total. The highest BCUT2D eigenvalue weighted by Gasteiger charge is 2.35. The van der Waals surface area contributed by atoms with E-state index in [1.54, 1.807) is 0 Å². The summed E-state index contributed by atoms with van der Waals surface area (Å²) in [4.78, 5) is 28.5. The van der Waals surface area contributed by atoms with E-state index in [1.165, 1.54) is 10.8 Å². The summed E-state index contributed by atoms with van der Waals surface area (Å²) in [5.74, 6) is 0. The van der Waals surface area contributed by atoms with E-state index in [4.69, 9.17) is 10.3 Å². The number of rotatable bonds is 5. The molecule has 21 heavy (non-hydrogen) atoms. The Hall–Kier alpha value is -2.09. The predicted octanol–water partition coefficient (Wildman–Crippen LogP) is 0.448. The molecule has 0 bridgehead atoms. The molecule has 2 heterocycles. The van der Waals surface area contributed by atoms with Crippen molar-refractivity contribution in [1.29, 1.82) is 0 Å². The molecule has 1 unspecified atom stereocenters. The summed E-state index contributed by atoms with van der Waals surface area (Å²) in [5, 5.41) is 12.8. The fourth-order valence-electron chi connectivity index (χ4n) is 2.43. The summed E-state index contributed by atoms with van der Waals surface area (Å²) >= 11 is 0. The molecular formula is C12H17N5O4. The molecule has 0 spiro atoms. The number of ether oxygens (including phenoxy) is 1. The molecule has 1 fully saturated rings. The van der Waals surface area contributed by atoms with Gasteiger partial charge in [0.25, 0.3) is 5.56 Å². The van der Waals surface area contributed by atoms with Gasteiger partial charge in [-0.3, -0.25) is 14.3 Å². The highest BCUT2D eigenvalue weighted by atomic mass is 16.5. The summed E-state index contributed by atoms with van der Waals surface area (Å²) in [5.41, 5.74) is 8.02. The number of azide groups is 1. The van der Waals surface area contributed by atoms with Crippen molar-refractivity contribution >= 4 is 0 Å². The number of hydrogen-bond acceptors (Lipinski definition) is 5. The van der Waals surface area contributed by atoms with E-state index in [2.05, 4.69) is 15.0 Å². The van der Waals surface area contributed by atoms with Crippen LogP contribution in [0.25, 0.3) is 10.4 Å². The van der Waals surface area contributed by atoms with Crippen molar-refractivity contribution in [2.24, 2.45) is 5.11 Å². The SMILES string of the molecule is CCCc1cn(C2C[C@@H](N=[N+]=[N-])[C@@H](CO)O2)c(=O)[nH]c1=O.